The third-order valence-electron chi connectivity index (χ3n) is 6.44. The number of benzene rings is 2. The molecule has 0 unspecified atom stereocenters. The van der Waals surface area contributed by atoms with Crippen LogP contribution in [-0.2, 0) is 9.59 Å². The molecule has 1 aliphatic carbocycles. The van der Waals surface area contributed by atoms with E-state index in [4.69, 9.17) is 0 Å². The van der Waals surface area contributed by atoms with Crippen molar-refractivity contribution < 1.29 is 14.0 Å². The number of nitrogens with zero attached hydrogens (tertiary/aromatic N) is 3. The molecule has 0 radical (unpaired) electrons. The number of hydrogen-bond donors (Lipinski definition) is 1. The van der Waals surface area contributed by atoms with E-state index in [1.165, 1.54) is 12.1 Å². The highest BCUT2D eigenvalue weighted by Crippen LogP contribution is 2.28. The summed E-state index contributed by atoms with van der Waals surface area (Å²) in [6.45, 7) is 4.79. The molecule has 184 valence electrons. The van der Waals surface area contributed by atoms with E-state index < -0.39 is 0 Å². The maximum absolute atomic E-state index is 13.5. The van der Waals surface area contributed by atoms with E-state index in [1.54, 1.807) is 27.8 Å². The second kappa shape index (κ2) is 11.3. The van der Waals surface area contributed by atoms with Gasteiger partial charge in [-0.15, -0.1) is 0 Å². The van der Waals surface area contributed by atoms with Gasteiger partial charge in [0.1, 0.15) is 11.6 Å². The van der Waals surface area contributed by atoms with E-state index in [-0.39, 0.29) is 30.1 Å². The van der Waals surface area contributed by atoms with Gasteiger partial charge in [0.25, 0.3) is 0 Å². The molecule has 0 saturated heterocycles. The van der Waals surface area contributed by atoms with Crippen LogP contribution in [0, 0.1) is 17.7 Å². The van der Waals surface area contributed by atoms with E-state index in [2.05, 4.69) is 24.3 Å². The summed E-state index contributed by atoms with van der Waals surface area (Å²) in [6, 6.07) is 17.4. The first kappa shape index (κ1) is 24.6. The fourth-order valence-corrected chi connectivity index (χ4v) is 4.47. The van der Waals surface area contributed by atoms with Crippen molar-refractivity contribution in [3.63, 3.8) is 0 Å². The molecule has 2 amide bonds. The maximum Gasteiger partial charge on any atom is 0.245 e. The topological polar surface area (TPSA) is 67.2 Å². The van der Waals surface area contributed by atoms with Crippen LogP contribution in [0.15, 0.2) is 60.7 Å². The second-order valence-corrected chi connectivity index (χ2v) is 9.64. The quantitative estimate of drug-likeness (QED) is 0.432. The van der Waals surface area contributed by atoms with Crippen LogP contribution in [0.5, 0.6) is 0 Å². The number of anilines is 1. The minimum absolute atomic E-state index is 0.00266. The summed E-state index contributed by atoms with van der Waals surface area (Å²) in [5, 5.41) is 7.62. The largest absolute Gasteiger partial charge is 0.333 e. The number of hydrogen-bond acceptors (Lipinski definition) is 3. The molecule has 0 spiro atoms. The van der Waals surface area contributed by atoms with Crippen LogP contribution in [0.3, 0.4) is 0 Å². The average molecular weight is 477 g/mol. The summed E-state index contributed by atoms with van der Waals surface area (Å²) in [6.07, 6.45) is 4.78. The van der Waals surface area contributed by atoms with Crippen LogP contribution in [0.1, 0.15) is 46.0 Å². The van der Waals surface area contributed by atoms with Crippen LogP contribution in [0.4, 0.5) is 10.2 Å². The van der Waals surface area contributed by atoms with Gasteiger partial charge in [0, 0.05) is 24.1 Å². The molecule has 3 aromatic rings. The van der Waals surface area contributed by atoms with Gasteiger partial charge in [-0.1, -0.05) is 57.0 Å². The van der Waals surface area contributed by atoms with Crippen LogP contribution in [0.25, 0.3) is 16.9 Å². The monoisotopic (exact) mass is 476 g/mol. The Morgan fingerprint density at radius 2 is 1.77 bits per heavy atom. The molecule has 0 atom stereocenters. The van der Waals surface area contributed by atoms with Crippen LogP contribution >= 0.6 is 0 Å². The minimum atomic E-state index is -0.346. The van der Waals surface area contributed by atoms with Gasteiger partial charge in [-0.05, 0) is 49.4 Å². The molecule has 0 aliphatic heterocycles. The smallest absolute Gasteiger partial charge is 0.245 e. The van der Waals surface area contributed by atoms with Gasteiger partial charge in [0.05, 0.1) is 17.9 Å². The predicted octanol–water partition coefficient (Wildman–Crippen LogP) is 5.68. The third kappa shape index (κ3) is 6.35. The van der Waals surface area contributed by atoms with Crippen molar-refractivity contribution >= 4 is 17.6 Å². The maximum atomic E-state index is 13.5. The van der Waals surface area contributed by atoms with E-state index in [9.17, 15) is 14.0 Å². The van der Waals surface area contributed by atoms with E-state index in [0.29, 0.717) is 29.7 Å². The van der Waals surface area contributed by atoms with Crippen molar-refractivity contribution in [1.82, 2.24) is 14.7 Å². The lowest BCUT2D eigenvalue weighted by molar-refractivity contribution is -0.138. The molecule has 2 aromatic carbocycles. The summed E-state index contributed by atoms with van der Waals surface area (Å²) >= 11 is 0. The van der Waals surface area contributed by atoms with Crippen LogP contribution in [0.2, 0.25) is 0 Å². The number of carbonyl (C=O) groups is 2. The number of carbonyl (C=O) groups excluding carboxylic acids is 2. The normalized spacial score (nSPS) is 13.8. The molecule has 1 heterocycles. The van der Waals surface area contributed by atoms with Gasteiger partial charge in [0.15, 0.2) is 0 Å². The highest BCUT2D eigenvalue weighted by Gasteiger charge is 2.28. The Balaban J connectivity index is 1.57. The van der Waals surface area contributed by atoms with Gasteiger partial charge in [-0.25, -0.2) is 9.07 Å². The molecular formula is C28H33FN4O2. The minimum Gasteiger partial charge on any atom is -0.333 e. The SMILES string of the molecule is CC(C)CCN(CC(=O)Nc1cc(-c2ccccc2)nn1-c1ccc(F)cc1)C(=O)C1CCCC1. The highest BCUT2D eigenvalue weighted by atomic mass is 19.1. The summed E-state index contributed by atoms with van der Waals surface area (Å²) in [7, 11) is 0. The number of amides is 2. The second-order valence-electron chi connectivity index (χ2n) is 9.64. The highest BCUT2D eigenvalue weighted by molar-refractivity contribution is 5.95. The first-order valence-corrected chi connectivity index (χ1v) is 12.4. The number of aromatic nitrogens is 2. The molecule has 6 nitrogen and oxygen atoms in total. The third-order valence-corrected chi connectivity index (χ3v) is 6.44. The first-order valence-electron chi connectivity index (χ1n) is 12.4. The van der Waals surface area contributed by atoms with Crippen LogP contribution < -0.4 is 5.32 Å². The lowest BCUT2D eigenvalue weighted by Crippen LogP contribution is -2.41. The zero-order chi connectivity index (χ0) is 24.8. The Labute approximate surface area is 206 Å². The van der Waals surface area contributed by atoms with Crippen molar-refractivity contribution in [3.8, 4) is 16.9 Å². The fraction of sp³-hybridized carbons (Fsp3) is 0.393. The van der Waals surface area contributed by atoms with Crippen molar-refractivity contribution in [2.75, 3.05) is 18.4 Å². The van der Waals surface area contributed by atoms with Crippen molar-refractivity contribution in [1.29, 1.82) is 0 Å². The van der Waals surface area contributed by atoms with Crippen molar-refractivity contribution in [2.45, 2.75) is 46.0 Å². The average Bonchev–Trinajstić information content (AvgIpc) is 3.53. The molecule has 1 saturated carbocycles. The molecule has 35 heavy (non-hydrogen) atoms. The number of rotatable bonds is 9. The Morgan fingerprint density at radius 3 is 2.43 bits per heavy atom. The summed E-state index contributed by atoms with van der Waals surface area (Å²) in [4.78, 5) is 28.0. The van der Waals surface area contributed by atoms with Gasteiger partial charge < -0.3 is 10.2 Å². The standard InChI is InChI=1S/C28H33FN4O2/c1-20(2)16-17-32(28(35)22-10-6-7-11-22)19-27(34)30-26-18-25(21-8-4-3-5-9-21)31-33(26)24-14-12-23(29)13-15-24/h3-5,8-9,12-15,18,20,22H,6-7,10-11,16-17,19H2,1-2H3,(H,30,34). The van der Waals surface area contributed by atoms with E-state index in [0.717, 1.165) is 37.7 Å². The first-order chi connectivity index (χ1) is 16.9. The zero-order valence-corrected chi connectivity index (χ0v) is 20.4. The molecular weight excluding hydrogens is 443 g/mol. The predicted molar refractivity (Wildman–Crippen MR) is 136 cm³/mol. The molecule has 4 rings (SSSR count). The number of nitrogens with one attached hydrogen (secondary N) is 1. The molecule has 1 aliphatic rings. The van der Waals surface area contributed by atoms with Crippen molar-refractivity contribution in [2.24, 2.45) is 11.8 Å². The molecule has 0 bridgehead atoms. The van der Waals surface area contributed by atoms with E-state index >= 15 is 0 Å². The zero-order valence-electron chi connectivity index (χ0n) is 20.4. The Morgan fingerprint density at radius 1 is 1.09 bits per heavy atom. The summed E-state index contributed by atoms with van der Waals surface area (Å²) < 4.78 is 15.1. The molecule has 1 aromatic heterocycles. The molecule has 7 heteroatoms. The van der Waals surface area contributed by atoms with E-state index in [1.807, 2.05) is 30.3 Å². The van der Waals surface area contributed by atoms with Gasteiger partial charge in [-0.3, -0.25) is 9.59 Å². The summed E-state index contributed by atoms with van der Waals surface area (Å²) in [5.41, 5.74) is 2.21. The van der Waals surface area contributed by atoms with Crippen LogP contribution in [-0.4, -0.2) is 39.6 Å². The van der Waals surface area contributed by atoms with Crippen molar-refractivity contribution in [3.05, 3.63) is 66.5 Å². The van der Waals surface area contributed by atoms with Gasteiger partial charge in [-0.2, -0.15) is 5.10 Å². The lowest BCUT2D eigenvalue weighted by atomic mass is 10.1. The Kier molecular flexibility index (Phi) is 7.95. The molecule has 1 N–H and O–H groups in total. The van der Waals surface area contributed by atoms with Gasteiger partial charge in [0.2, 0.25) is 11.8 Å². The summed E-state index contributed by atoms with van der Waals surface area (Å²) in [5.74, 6) is 0.381. The van der Waals surface area contributed by atoms with Gasteiger partial charge >= 0.3 is 0 Å². The Hall–Kier alpha value is -3.48. The molecule has 1 fully saturated rings. The fourth-order valence-electron chi connectivity index (χ4n) is 4.47. The lowest BCUT2D eigenvalue weighted by Gasteiger charge is -2.26. The Bertz CT molecular complexity index is 1140. The number of halogens is 1.